The minimum Gasteiger partial charge on any atom is -0.361 e. The number of rotatable bonds is 5. The van der Waals surface area contributed by atoms with E-state index in [1.807, 2.05) is 45.1 Å². The molecule has 0 atom stereocenters. The van der Waals surface area contributed by atoms with E-state index in [0.29, 0.717) is 12.2 Å². The van der Waals surface area contributed by atoms with Gasteiger partial charge in [0.15, 0.2) is 5.65 Å². The van der Waals surface area contributed by atoms with Crippen molar-refractivity contribution in [3.05, 3.63) is 70.7 Å². The van der Waals surface area contributed by atoms with Gasteiger partial charge in [0.2, 0.25) is 0 Å². The number of allylic oxidation sites excluding steroid dienone is 5. The van der Waals surface area contributed by atoms with Crippen LogP contribution in [0.1, 0.15) is 18.4 Å². The molecule has 0 aromatic carbocycles. The van der Waals surface area contributed by atoms with E-state index < -0.39 is 0 Å². The maximum atomic E-state index is 12.4. The lowest BCUT2D eigenvalue weighted by Crippen LogP contribution is -2.17. The highest BCUT2D eigenvalue weighted by molar-refractivity contribution is 5.79. The van der Waals surface area contributed by atoms with Crippen molar-refractivity contribution >= 4 is 11.2 Å². The van der Waals surface area contributed by atoms with Crippen LogP contribution in [0.4, 0.5) is 0 Å². The molecule has 0 aliphatic rings. The maximum Gasteiger partial charge on any atom is 0.327 e. The van der Waals surface area contributed by atoms with Gasteiger partial charge in [-0.2, -0.15) is 0 Å². The standard InChI is InChI=1S/C19H20N4O2/c1-5-7-8-14(6-2)11-23-16-9-15(10-20-18(16)21-19(23)24)17-12(3)22-25-13(17)4/h5-10H,1,11H2,2-4H3,(H,20,21,24)/b8-7-,14-6+. The summed E-state index contributed by atoms with van der Waals surface area (Å²) < 4.78 is 6.92. The highest BCUT2D eigenvalue weighted by atomic mass is 16.5. The number of hydrogen-bond donors (Lipinski definition) is 1. The van der Waals surface area contributed by atoms with Crippen LogP contribution in [0.15, 0.2) is 58.0 Å². The lowest BCUT2D eigenvalue weighted by molar-refractivity contribution is 0.393. The first kappa shape index (κ1) is 16.7. The summed E-state index contributed by atoms with van der Waals surface area (Å²) in [5.74, 6) is 0.728. The average Bonchev–Trinajstić information content (AvgIpc) is 3.10. The fourth-order valence-electron chi connectivity index (χ4n) is 2.84. The molecule has 3 aromatic heterocycles. The van der Waals surface area contributed by atoms with E-state index >= 15 is 0 Å². The van der Waals surface area contributed by atoms with Gasteiger partial charge in [-0.1, -0.05) is 36.0 Å². The zero-order chi connectivity index (χ0) is 18.0. The molecule has 0 amide bonds. The molecule has 1 N–H and O–H groups in total. The van der Waals surface area contributed by atoms with Gasteiger partial charge in [0.1, 0.15) is 5.76 Å². The zero-order valence-corrected chi connectivity index (χ0v) is 14.5. The summed E-state index contributed by atoms with van der Waals surface area (Å²) in [6.07, 6.45) is 9.19. The van der Waals surface area contributed by atoms with Gasteiger partial charge in [-0.25, -0.2) is 9.78 Å². The molecular formula is C19H20N4O2. The minimum atomic E-state index is -0.190. The van der Waals surface area contributed by atoms with E-state index in [4.69, 9.17) is 4.52 Å². The van der Waals surface area contributed by atoms with Crippen molar-refractivity contribution in [3.63, 3.8) is 0 Å². The van der Waals surface area contributed by atoms with Crippen LogP contribution in [0, 0.1) is 13.8 Å². The third-order valence-electron chi connectivity index (χ3n) is 4.11. The van der Waals surface area contributed by atoms with Crippen molar-refractivity contribution in [3.8, 4) is 11.1 Å². The number of imidazole rings is 1. The Morgan fingerprint density at radius 1 is 1.44 bits per heavy atom. The SMILES string of the molecule is C=C/C=C\C(=C/C)Cn1c(=O)[nH]c2ncc(-c3c(C)noc3C)cc21. The molecule has 25 heavy (non-hydrogen) atoms. The predicted molar refractivity (Wildman–Crippen MR) is 98.4 cm³/mol. The maximum absolute atomic E-state index is 12.4. The molecule has 0 unspecified atom stereocenters. The molecule has 0 fully saturated rings. The van der Waals surface area contributed by atoms with Crippen molar-refractivity contribution in [1.29, 1.82) is 0 Å². The minimum absolute atomic E-state index is 0.190. The Balaban J connectivity index is 2.12. The van der Waals surface area contributed by atoms with Crippen LogP contribution in [0.2, 0.25) is 0 Å². The van der Waals surface area contributed by atoms with Crippen LogP contribution in [0.5, 0.6) is 0 Å². The first-order valence-electron chi connectivity index (χ1n) is 8.01. The molecule has 6 nitrogen and oxygen atoms in total. The van der Waals surface area contributed by atoms with Gasteiger partial charge < -0.3 is 4.52 Å². The Morgan fingerprint density at radius 3 is 2.88 bits per heavy atom. The molecule has 0 radical (unpaired) electrons. The lowest BCUT2D eigenvalue weighted by Gasteiger charge is -2.06. The molecule has 3 heterocycles. The number of pyridine rings is 1. The summed E-state index contributed by atoms with van der Waals surface area (Å²) in [7, 11) is 0. The smallest absolute Gasteiger partial charge is 0.327 e. The van der Waals surface area contributed by atoms with E-state index in [-0.39, 0.29) is 5.69 Å². The largest absolute Gasteiger partial charge is 0.361 e. The average molecular weight is 336 g/mol. The summed E-state index contributed by atoms with van der Waals surface area (Å²) >= 11 is 0. The van der Waals surface area contributed by atoms with Crippen molar-refractivity contribution in [1.82, 2.24) is 19.7 Å². The summed E-state index contributed by atoms with van der Waals surface area (Å²) in [6, 6.07) is 1.94. The van der Waals surface area contributed by atoms with E-state index in [1.165, 1.54) is 0 Å². The molecule has 3 aromatic rings. The number of H-pyrrole nitrogens is 1. The number of aromatic amines is 1. The highest BCUT2D eigenvalue weighted by Gasteiger charge is 2.15. The summed E-state index contributed by atoms with van der Waals surface area (Å²) in [5.41, 5.74) is 4.70. The topological polar surface area (TPSA) is 76.7 Å². The van der Waals surface area contributed by atoms with E-state index in [2.05, 4.69) is 21.7 Å². The Hall–Kier alpha value is -3.15. The molecule has 0 saturated heterocycles. The normalized spacial score (nSPS) is 12.4. The summed E-state index contributed by atoms with van der Waals surface area (Å²) in [4.78, 5) is 19.6. The van der Waals surface area contributed by atoms with Crippen LogP contribution >= 0.6 is 0 Å². The predicted octanol–water partition coefficient (Wildman–Crippen LogP) is 3.68. The molecule has 3 rings (SSSR count). The molecule has 128 valence electrons. The molecule has 0 bridgehead atoms. The zero-order valence-electron chi connectivity index (χ0n) is 14.5. The van der Waals surface area contributed by atoms with Gasteiger partial charge in [0.05, 0.1) is 17.8 Å². The number of nitrogens with one attached hydrogen (secondary N) is 1. The molecule has 0 saturated carbocycles. The van der Waals surface area contributed by atoms with E-state index in [1.54, 1.807) is 16.8 Å². The second-order valence-electron chi connectivity index (χ2n) is 5.77. The van der Waals surface area contributed by atoms with E-state index in [9.17, 15) is 4.79 Å². The summed E-state index contributed by atoms with van der Waals surface area (Å²) in [6.45, 7) is 9.82. The van der Waals surface area contributed by atoms with Crippen LogP contribution in [-0.2, 0) is 6.54 Å². The number of hydrogen-bond acceptors (Lipinski definition) is 4. The van der Waals surface area contributed by atoms with Crippen LogP contribution in [0.25, 0.3) is 22.3 Å². The van der Waals surface area contributed by atoms with Gasteiger partial charge in [0.25, 0.3) is 0 Å². The van der Waals surface area contributed by atoms with Crippen molar-refractivity contribution in [2.24, 2.45) is 0 Å². The van der Waals surface area contributed by atoms with Crippen LogP contribution in [-0.4, -0.2) is 19.7 Å². The molecule has 6 heteroatoms. The second kappa shape index (κ2) is 6.76. The Kier molecular flexibility index (Phi) is 4.52. The third-order valence-corrected chi connectivity index (χ3v) is 4.11. The van der Waals surface area contributed by atoms with Crippen LogP contribution < -0.4 is 5.69 Å². The second-order valence-corrected chi connectivity index (χ2v) is 5.77. The van der Waals surface area contributed by atoms with Gasteiger partial charge >= 0.3 is 5.69 Å². The first-order valence-corrected chi connectivity index (χ1v) is 8.01. The third kappa shape index (κ3) is 3.10. The fraction of sp³-hybridized carbons (Fsp3) is 0.211. The van der Waals surface area contributed by atoms with Crippen molar-refractivity contribution < 1.29 is 4.52 Å². The highest BCUT2D eigenvalue weighted by Crippen LogP contribution is 2.28. The monoisotopic (exact) mass is 336 g/mol. The number of aromatic nitrogens is 4. The summed E-state index contributed by atoms with van der Waals surface area (Å²) in [5, 5.41) is 3.99. The number of aryl methyl sites for hydroxylation is 2. The molecule has 0 spiro atoms. The molecule has 0 aliphatic heterocycles. The number of fused-ring (bicyclic) bond motifs is 1. The fourth-order valence-corrected chi connectivity index (χ4v) is 2.84. The Bertz CT molecular complexity index is 1030. The Morgan fingerprint density at radius 2 is 2.24 bits per heavy atom. The van der Waals surface area contributed by atoms with Crippen LogP contribution in [0.3, 0.4) is 0 Å². The van der Waals surface area contributed by atoms with Gasteiger partial charge in [-0.3, -0.25) is 9.55 Å². The van der Waals surface area contributed by atoms with E-state index in [0.717, 1.165) is 33.7 Å². The first-order chi connectivity index (χ1) is 12.0. The lowest BCUT2D eigenvalue weighted by atomic mass is 10.1. The van der Waals surface area contributed by atoms with Gasteiger partial charge in [-0.15, -0.1) is 0 Å². The van der Waals surface area contributed by atoms with Crippen molar-refractivity contribution in [2.45, 2.75) is 27.3 Å². The quantitative estimate of drug-likeness (QED) is 0.721. The van der Waals surface area contributed by atoms with Crippen molar-refractivity contribution in [2.75, 3.05) is 0 Å². The molecular weight excluding hydrogens is 316 g/mol. The van der Waals surface area contributed by atoms with Gasteiger partial charge in [-0.05, 0) is 32.4 Å². The Labute approximate surface area is 145 Å². The van der Waals surface area contributed by atoms with Gasteiger partial charge in [0, 0.05) is 17.3 Å². The molecule has 0 aliphatic carbocycles. The number of nitrogens with zero attached hydrogens (tertiary/aromatic N) is 3.